The second-order valence-corrected chi connectivity index (χ2v) is 7.41. The van der Waals surface area contributed by atoms with Crippen LogP contribution in [-0.2, 0) is 10.2 Å². The lowest BCUT2D eigenvalue weighted by Gasteiger charge is -2.40. The Hall–Kier alpha value is -2.81. The number of allylic oxidation sites excluding steroid dienone is 1. The van der Waals surface area contributed by atoms with Gasteiger partial charge >= 0.3 is 6.03 Å². The quantitative estimate of drug-likeness (QED) is 0.838. The number of benzene rings is 1. The Bertz CT molecular complexity index is 800. The van der Waals surface area contributed by atoms with Gasteiger partial charge in [-0.05, 0) is 31.9 Å². The van der Waals surface area contributed by atoms with Crippen molar-refractivity contribution in [2.45, 2.75) is 32.2 Å². The molecule has 6 heteroatoms. The standard InChI is InChI=1S/C20H26N4O2/c1-13-16(18(25)22(4)5)17(24(7)19(26)23(13)6)14-8-10-15(11-9-14)20(2,3)12-21/h8-11,17H,1-7H3. The maximum Gasteiger partial charge on any atom is 0.324 e. The second-order valence-electron chi connectivity index (χ2n) is 7.41. The van der Waals surface area contributed by atoms with Gasteiger partial charge in [0.25, 0.3) is 5.91 Å². The van der Waals surface area contributed by atoms with Gasteiger partial charge in [0.2, 0.25) is 0 Å². The van der Waals surface area contributed by atoms with Crippen molar-refractivity contribution in [1.82, 2.24) is 14.7 Å². The number of hydrogen-bond acceptors (Lipinski definition) is 3. The Kier molecular flexibility index (Phi) is 5.13. The Morgan fingerprint density at radius 3 is 2.19 bits per heavy atom. The lowest BCUT2D eigenvalue weighted by atomic mass is 9.84. The van der Waals surface area contributed by atoms with E-state index in [2.05, 4.69) is 6.07 Å². The summed E-state index contributed by atoms with van der Waals surface area (Å²) in [5.74, 6) is -0.125. The van der Waals surface area contributed by atoms with E-state index in [4.69, 9.17) is 0 Å². The first-order valence-corrected chi connectivity index (χ1v) is 8.47. The fraction of sp³-hybridized carbons (Fsp3) is 0.450. The van der Waals surface area contributed by atoms with Crippen LogP contribution < -0.4 is 0 Å². The number of likely N-dealkylation sites (N-methyl/N-ethyl adjacent to an activating group) is 2. The molecule has 0 spiro atoms. The average molecular weight is 354 g/mol. The van der Waals surface area contributed by atoms with Gasteiger partial charge in [0.05, 0.1) is 23.1 Å². The van der Waals surface area contributed by atoms with Crippen molar-refractivity contribution in [1.29, 1.82) is 5.26 Å². The molecule has 3 amide bonds. The minimum Gasteiger partial charge on any atom is -0.345 e. The third-order valence-electron chi connectivity index (χ3n) is 5.01. The highest BCUT2D eigenvalue weighted by Crippen LogP contribution is 2.37. The molecule has 1 atom stereocenters. The number of urea groups is 1. The van der Waals surface area contributed by atoms with Gasteiger partial charge in [-0.25, -0.2) is 4.79 Å². The minimum atomic E-state index is -0.596. The van der Waals surface area contributed by atoms with E-state index in [0.717, 1.165) is 11.1 Å². The smallest absolute Gasteiger partial charge is 0.324 e. The van der Waals surface area contributed by atoms with E-state index < -0.39 is 11.5 Å². The fourth-order valence-corrected chi connectivity index (χ4v) is 3.11. The first-order chi connectivity index (χ1) is 12.0. The van der Waals surface area contributed by atoms with Crippen molar-refractivity contribution in [2.24, 2.45) is 0 Å². The molecule has 0 aliphatic carbocycles. The molecule has 1 unspecified atom stereocenters. The Morgan fingerprint density at radius 1 is 1.19 bits per heavy atom. The van der Waals surface area contributed by atoms with Gasteiger partial charge in [-0.3, -0.25) is 4.79 Å². The minimum absolute atomic E-state index is 0.125. The highest BCUT2D eigenvalue weighted by molar-refractivity contribution is 5.98. The van der Waals surface area contributed by atoms with Gasteiger partial charge in [0.15, 0.2) is 0 Å². The van der Waals surface area contributed by atoms with Gasteiger partial charge in [-0.2, -0.15) is 5.26 Å². The SMILES string of the molecule is CC1=C(C(=O)N(C)C)C(c2ccc(C(C)(C)C#N)cc2)N(C)C(=O)N1C. The summed E-state index contributed by atoms with van der Waals surface area (Å²) in [6, 6.07) is 9.23. The largest absolute Gasteiger partial charge is 0.345 e. The van der Waals surface area contributed by atoms with Crippen molar-refractivity contribution in [3.05, 3.63) is 46.7 Å². The summed E-state index contributed by atoms with van der Waals surface area (Å²) in [6.45, 7) is 5.51. The molecule has 1 aromatic rings. The first-order valence-electron chi connectivity index (χ1n) is 8.47. The third kappa shape index (κ3) is 3.17. The van der Waals surface area contributed by atoms with E-state index in [1.807, 2.05) is 38.1 Å². The molecular formula is C20H26N4O2. The molecule has 1 heterocycles. The molecular weight excluding hydrogens is 328 g/mol. The zero-order chi connectivity index (χ0) is 19.8. The highest BCUT2D eigenvalue weighted by Gasteiger charge is 2.39. The number of rotatable bonds is 3. The average Bonchev–Trinajstić information content (AvgIpc) is 2.62. The van der Waals surface area contributed by atoms with E-state index >= 15 is 0 Å². The van der Waals surface area contributed by atoms with E-state index in [9.17, 15) is 14.9 Å². The molecule has 2 rings (SSSR count). The number of nitrogens with zero attached hydrogens (tertiary/aromatic N) is 4. The van der Waals surface area contributed by atoms with Crippen LogP contribution in [-0.4, -0.2) is 54.8 Å². The van der Waals surface area contributed by atoms with E-state index in [-0.39, 0.29) is 11.9 Å². The van der Waals surface area contributed by atoms with Gasteiger partial charge in [-0.1, -0.05) is 24.3 Å². The lowest BCUT2D eigenvalue weighted by molar-refractivity contribution is -0.125. The van der Waals surface area contributed by atoms with Crippen LogP contribution >= 0.6 is 0 Å². The monoisotopic (exact) mass is 354 g/mol. The zero-order valence-electron chi connectivity index (χ0n) is 16.5. The van der Waals surface area contributed by atoms with E-state index in [0.29, 0.717) is 11.3 Å². The van der Waals surface area contributed by atoms with Crippen molar-refractivity contribution in [3.63, 3.8) is 0 Å². The van der Waals surface area contributed by atoms with Crippen molar-refractivity contribution in [2.75, 3.05) is 28.2 Å². The van der Waals surface area contributed by atoms with Gasteiger partial charge in [-0.15, -0.1) is 0 Å². The summed E-state index contributed by atoms with van der Waals surface area (Å²) in [6.07, 6.45) is 0. The molecule has 26 heavy (non-hydrogen) atoms. The Morgan fingerprint density at radius 2 is 1.73 bits per heavy atom. The van der Waals surface area contributed by atoms with Gasteiger partial charge in [0.1, 0.15) is 0 Å². The van der Waals surface area contributed by atoms with Crippen molar-refractivity contribution >= 4 is 11.9 Å². The van der Waals surface area contributed by atoms with Crippen LogP contribution in [0.15, 0.2) is 35.5 Å². The molecule has 1 aliphatic rings. The molecule has 0 saturated carbocycles. The molecule has 0 saturated heterocycles. The number of amides is 3. The Labute approximate surface area is 155 Å². The summed E-state index contributed by atoms with van der Waals surface area (Å²) < 4.78 is 0. The van der Waals surface area contributed by atoms with Crippen LogP contribution in [0.5, 0.6) is 0 Å². The maximum atomic E-state index is 12.8. The molecule has 0 aromatic heterocycles. The number of carbonyl (C=O) groups excluding carboxylic acids is 2. The van der Waals surface area contributed by atoms with Crippen LogP contribution in [0.2, 0.25) is 0 Å². The zero-order valence-corrected chi connectivity index (χ0v) is 16.5. The lowest BCUT2D eigenvalue weighted by Crippen LogP contribution is -2.48. The number of carbonyl (C=O) groups is 2. The molecule has 0 N–H and O–H groups in total. The molecule has 138 valence electrons. The van der Waals surface area contributed by atoms with Crippen molar-refractivity contribution < 1.29 is 9.59 Å². The summed E-state index contributed by atoms with van der Waals surface area (Å²) in [7, 11) is 6.78. The molecule has 1 aliphatic heterocycles. The van der Waals surface area contributed by atoms with E-state index in [1.54, 1.807) is 40.0 Å². The predicted molar refractivity (Wildman–Crippen MR) is 100 cm³/mol. The maximum absolute atomic E-state index is 12.8. The normalized spacial score (nSPS) is 18.1. The third-order valence-corrected chi connectivity index (χ3v) is 5.01. The summed E-state index contributed by atoms with van der Waals surface area (Å²) in [5.41, 5.74) is 2.37. The summed E-state index contributed by atoms with van der Waals surface area (Å²) in [4.78, 5) is 30.0. The van der Waals surface area contributed by atoms with Crippen LogP contribution in [0, 0.1) is 11.3 Å². The molecule has 6 nitrogen and oxygen atoms in total. The van der Waals surface area contributed by atoms with Crippen molar-refractivity contribution in [3.8, 4) is 6.07 Å². The molecule has 0 fully saturated rings. The van der Waals surface area contributed by atoms with Crippen LogP contribution in [0.4, 0.5) is 4.79 Å². The van der Waals surface area contributed by atoms with Gasteiger partial charge < -0.3 is 14.7 Å². The fourth-order valence-electron chi connectivity index (χ4n) is 3.11. The second kappa shape index (κ2) is 6.83. The molecule has 1 aromatic carbocycles. The Balaban J connectivity index is 2.59. The van der Waals surface area contributed by atoms with Gasteiger partial charge in [0, 0.05) is 33.9 Å². The molecule has 0 radical (unpaired) electrons. The number of nitriles is 1. The highest BCUT2D eigenvalue weighted by atomic mass is 16.2. The van der Waals surface area contributed by atoms with Crippen LogP contribution in [0.1, 0.15) is 37.9 Å². The summed E-state index contributed by atoms with van der Waals surface area (Å²) in [5, 5.41) is 9.32. The predicted octanol–water partition coefficient (Wildman–Crippen LogP) is 2.89. The number of hydrogen-bond donors (Lipinski definition) is 0. The first kappa shape index (κ1) is 19.5. The summed E-state index contributed by atoms with van der Waals surface area (Å²) >= 11 is 0. The topological polar surface area (TPSA) is 67.6 Å². The van der Waals surface area contributed by atoms with E-state index in [1.165, 1.54) is 9.80 Å². The van der Waals surface area contributed by atoms with Crippen LogP contribution in [0.25, 0.3) is 0 Å². The van der Waals surface area contributed by atoms with Crippen LogP contribution in [0.3, 0.4) is 0 Å². The molecule has 0 bridgehead atoms.